The molecule has 0 aliphatic carbocycles. The summed E-state index contributed by atoms with van der Waals surface area (Å²) in [6.07, 6.45) is -2.38. The van der Waals surface area contributed by atoms with Gasteiger partial charge in [-0.1, -0.05) is 0 Å². The Bertz CT molecular complexity index is 160. The molecule has 1 atom stereocenters. The number of carbonyl (C=O) groups excluding carboxylic acids is 2. The maximum atomic E-state index is 12.5. The Morgan fingerprint density at radius 3 is 2.55 bits per heavy atom. The van der Waals surface area contributed by atoms with Gasteiger partial charge in [0.2, 0.25) is 6.17 Å². The highest BCUT2D eigenvalue weighted by molar-refractivity contribution is 5.86. The summed E-state index contributed by atoms with van der Waals surface area (Å²) in [5.74, 6) is -1.53. The number of ether oxygens (including phenoxy) is 1. The largest absolute Gasteiger partial charge is 0.467 e. The predicted molar refractivity (Wildman–Crippen MR) is 35.6 cm³/mol. The average molecular weight is 163 g/mol. The van der Waals surface area contributed by atoms with Crippen molar-refractivity contribution in [1.29, 1.82) is 0 Å². The van der Waals surface area contributed by atoms with Gasteiger partial charge in [0.25, 0.3) is 0 Å². The van der Waals surface area contributed by atoms with E-state index in [-0.39, 0.29) is 6.54 Å². The van der Waals surface area contributed by atoms with Gasteiger partial charge in [0, 0.05) is 6.42 Å². The second-order valence-corrected chi connectivity index (χ2v) is 1.94. The molecule has 0 bridgehead atoms. The third kappa shape index (κ3) is 3.67. The molecule has 5 heteroatoms. The van der Waals surface area contributed by atoms with Gasteiger partial charge in [-0.25, -0.2) is 9.18 Å². The van der Waals surface area contributed by atoms with Crippen LogP contribution in [0.2, 0.25) is 0 Å². The zero-order chi connectivity index (χ0) is 8.85. The number of hydrogen-bond donors (Lipinski definition) is 1. The molecular weight excluding hydrogens is 153 g/mol. The van der Waals surface area contributed by atoms with Crippen molar-refractivity contribution < 1.29 is 18.7 Å². The zero-order valence-corrected chi connectivity index (χ0v) is 6.17. The summed E-state index contributed by atoms with van der Waals surface area (Å²) in [4.78, 5) is 20.8. The maximum Gasteiger partial charge on any atom is 0.340 e. The summed E-state index contributed by atoms with van der Waals surface area (Å²) in [6, 6.07) is 0. The van der Waals surface area contributed by atoms with E-state index in [1.54, 1.807) is 0 Å². The van der Waals surface area contributed by atoms with E-state index in [9.17, 15) is 14.0 Å². The Morgan fingerprint density at radius 1 is 1.64 bits per heavy atom. The molecule has 0 spiro atoms. The van der Waals surface area contributed by atoms with Crippen LogP contribution in [0.4, 0.5) is 4.39 Å². The smallest absolute Gasteiger partial charge is 0.340 e. The molecule has 0 aromatic rings. The number of halogens is 1. The van der Waals surface area contributed by atoms with Gasteiger partial charge >= 0.3 is 5.97 Å². The van der Waals surface area contributed by atoms with Crippen molar-refractivity contribution in [3.05, 3.63) is 0 Å². The molecule has 4 nitrogen and oxygen atoms in total. The number of esters is 1. The first kappa shape index (κ1) is 10.0. The van der Waals surface area contributed by atoms with Crippen LogP contribution in [-0.4, -0.2) is 31.6 Å². The number of nitrogens with two attached hydrogens (primary N) is 1. The highest BCUT2D eigenvalue weighted by Crippen LogP contribution is 1.99. The minimum Gasteiger partial charge on any atom is -0.467 e. The maximum absolute atomic E-state index is 12.5. The first-order chi connectivity index (χ1) is 5.11. The molecule has 2 N–H and O–H groups in total. The lowest BCUT2D eigenvalue weighted by molar-refractivity contribution is -0.148. The van der Waals surface area contributed by atoms with Crippen molar-refractivity contribution in [3.63, 3.8) is 0 Å². The molecule has 64 valence electrons. The summed E-state index contributed by atoms with van der Waals surface area (Å²) < 4.78 is 16.5. The Morgan fingerprint density at radius 2 is 2.18 bits per heavy atom. The summed E-state index contributed by atoms with van der Waals surface area (Å²) in [5, 5.41) is 0. The van der Waals surface area contributed by atoms with Crippen LogP contribution in [0.5, 0.6) is 0 Å². The van der Waals surface area contributed by atoms with Gasteiger partial charge in [0.05, 0.1) is 13.7 Å². The Kier molecular flexibility index (Phi) is 4.36. The van der Waals surface area contributed by atoms with Crippen molar-refractivity contribution in [2.45, 2.75) is 12.6 Å². The van der Waals surface area contributed by atoms with Gasteiger partial charge in [-0.15, -0.1) is 0 Å². The molecule has 0 aliphatic heterocycles. The highest BCUT2D eigenvalue weighted by Gasteiger charge is 2.20. The van der Waals surface area contributed by atoms with E-state index in [0.717, 1.165) is 7.11 Å². The first-order valence-corrected chi connectivity index (χ1v) is 3.05. The van der Waals surface area contributed by atoms with Crippen molar-refractivity contribution in [1.82, 2.24) is 0 Å². The van der Waals surface area contributed by atoms with E-state index in [1.807, 2.05) is 0 Å². The van der Waals surface area contributed by atoms with Crippen molar-refractivity contribution in [3.8, 4) is 0 Å². The SMILES string of the molecule is COC(=O)C(F)CC(=O)CN. The molecule has 0 aromatic heterocycles. The number of rotatable bonds is 4. The predicted octanol–water partition coefficient (Wildman–Crippen LogP) is -0.585. The van der Waals surface area contributed by atoms with Crippen molar-refractivity contribution in [2.24, 2.45) is 5.73 Å². The molecule has 0 aliphatic rings. The molecule has 1 unspecified atom stereocenters. The fourth-order valence-corrected chi connectivity index (χ4v) is 0.494. The monoisotopic (exact) mass is 163 g/mol. The van der Waals surface area contributed by atoms with E-state index in [2.05, 4.69) is 4.74 Å². The van der Waals surface area contributed by atoms with Crippen LogP contribution >= 0.6 is 0 Å². The number of hydrogen-bond acceptors (Lipinski definition) is 4. The minimum absolute atomic E-state index is 0.253. The standard InChI is InChI=1S/C6H10FNO3/c1-11-6(10)5(7)2-4(9)3-8/h5H,2-3,8H2,1H3. The van der Waals surface area contributed by atoms with Crippen LogP contribution in [0, 0.1) is 0 Å². The third-order valence-electron chi connectivity index (χ3n) is 1.09. The van der Waals surface area contributed by atoms with Crippen LogP contribution in [0.15, 0.2) is 0 Å². The first-order valence-electron chi connectivity index (χ1n) is 3.05. The van der Waals surface area contributed by atoms with Crippen LogP contribution in [0.1, 0.15) is 6.42 Å². The van der Waals surface area contributed by atoms with E-state index in [1.165, 1.54) is 0 Å². The van der Waals surface area contributed by atoms with Gasteiger partial charge in [-0.3, -0.25) is 4.79 Å². The van der Waals surface area contributed by atoms with Crippen LogP contribution in [-0.2, 0) is 14.3 Å². The van der Waals surface area contributed by atoms with E-state index >= 15 is 0 Å². The fraction of sp³-hybridized carbons (Fsp3) is 0.667. The van der Waals surface area contributed by atoms with Crippen LogP contribution < -0.4 is 5.73 Å². The van der Waals surface area contributed by atoms with Crippen LogP contribution in [0.3, 0.4) is 0 Å². The van der Waals surface area contributed by atoms with Gasteiger partial charge in [-0.05, 0) is 0 Å². The number of ketones is 1. The zero-order valence-electron chi connectivity index (χ0n) is 6.17. The topological polar surface area (TPSA) is 69.4 Å². The second kappa shape index (κ2) is 4.79. The minimum atomic E-state index is -1.88. The Labute approximate surface area is 63.5 Å². The van der Waals surface area contributed by atoms with Crippen molar-refractivity contribution >= 4 is 11.8 Å². The van der Waals surface area contributed by atoms with E-state index in [4.69, 9.17) is 5.73 Å². The van der Waals surface area contributed by atoms with E-state index in [0.29, 0.717) is 0 Å². The lowest BCUT2D eigenvalue weighted by Gasteiger charge is -2.02. The third-order valence-corrected chi connectivity index (χ3v) is 1.09. The molecule has 0 rings (SSSR count). The highest BCUT2D eigenvalue weighted by atomic mass is 19.1. The number of methoxy groups -OCH3 is 1. The number of carbonyl (C=O) groups is 2. The quantitative estimate of drug-likeness (QED) is 0.562. The molecular formula is C6H10FNO3. The van der Waals surface area contributed by atoms with Gasteiger partial charge < -0.3 is 10.5 Å². The van der Waals surface area contributed by atoms with Crippen molar-refractivity contribution in [2.75, 3.05) is 13.7 Å². The molecule has 0 aromatic carbocycles. The molecule has 11 heavy (non-hydrogen) atoms. The lowest BCUT2D eigenvalue weighted by atomic mass is 10.2. The Balaban J connectivity index is 3.77. The summed E-state index contributed by atoms with van der Waals surface area (Å²) >= 11 is 0. The summed E-state index contributed by atoms with van der Waals surface area (Å²) in [6.45, 7) is -0.253. The second-order valence-electron chi connectivity index (χ2n) is 1.94. The molecule has 0 fully saturated rings. The van der Waals surface area contributed by atoms with Crippen LogP contribution in [0.25, 0.3) is 0 Å². The number of alkyl halides is 1. The molecule has 0 amide bonds. The van der Waals surface area contributed by atoms with Gasteiger partial charge in [0.15, 0.2) is 0 Å². The molecule has 0 saturated heterocycles. The fourth-order valence-electron chi connectivity index (χ4n) is 0.494. The van der Waals surface area contributed by atoms with Gasteiger partial charge in [0.1, 0.15) is 5.78 Å². The van der Waals surface area contributed by atoms with Gasteiger partial charge in [-0.2, -0.15) is 0 Å². The summed E-state index contributed by atoms with van der Waals surface area (Å²) in [5.41, 5.74) is 4.89. The normalized spacial score (nSPS) is 12.3. The molecule has 0 saturated carbocycles. The average Bonchev–Trinajstić information content (AvgIpc) is 2.02. The number of Topliss-reactive ketones (excluding diaryl/α,β-unsaturated/α-hetero) is 1. The lowest BCUT2D eigenvalue weighted by Crippen LogP contribution is -2.24. The molecule has 0 radical (unpaired) electrons. The molecule has 0 heterocycles. The summed E-state index contributed by atoms with van der Waals surface area (Å²) in [7, 11) is 1.06. The van der Waals surface area contributed by atoms with E-state index < -0.39 is 24.3 Å². The Hall–Kier alpha value is -0.970.